The third-order valence-corrected chi connectivity index (χ3v) is 3.90. The molecular formula is C18H20N3O2+. The fourth-order valence-electron chi connectivity index (χ4n) is 2.76. The highest BCUT2D eigenvalue weighted by molar-refractivity contribution is 5.78. The number of hydrazine groups is 1. The number of nitrogens with one attached hydrogen (secondary N) is 2. The zero-order valence-electron chi connectivity index (χ0n) is 13.0. The third-order valence-electron chi connectivity index (χ3n) is 3.90. The van der Waals surface area contributed by atoms with Crippen molar-refractivity contribution in [2.45, 2.75) is 25.5 Å². The number of rotatable bonds is 4. The van der Waals surface area contributed by atoms with Crippen LogP contribution in [-0.4, -0.2) is 16.0 Å². The van der Waals surface area contributed by atoms with Gasteiger partial charge in [0.2, 0.25) is 11.6 Å². The van der Waals surface area contributed by atoms with Gasteiger partial charge >= 0.3 is 0 Å². The van der Waals surface area contributed by atoms with Gasteiger partial charge in [0.05, 0.1) is 5.56 Å². The number of aryl methyl sites for hydroxylation is 1. The van der Waals surface area contributed by atoms with Crippen LogP contribution in [0.15, 0.2) is 66.6 Å². The molecule has 1 aromatic carbocycles. The minimum Gasteiger partial charge on any atom is -0.362 e. The highest BCUT2D eigenvalue weighted by Crippen LogP contribution is 2.31. The molecule has 0 spiro atoms. The van der Waals surface area contributed by atoms with E-state index in [-0.39, 0.29) is 5.91 Å². The van der Waals surface area contributed by atoms with Crippen molar-refractivity contribution in [3.05, 3.63) is 77.8 Å². The first-order chi connectivity index (χ1) is 11.1. The Morgan fingerprint density at radius 3 is 2.74 bits per heavy atom. The standard InChI is InChI=1S/C18H19N3O2/c1-14-12-18(23,16-8-5-11-19-13-16)21(20-14)17(22)10-9-15-6-3-2-4-7-15/h2-8,11-13,20,23H,9-10H2,1H3/p+1. The third kappa shape index (κ3) is 3.10. The lowest BCUT2D eigenvalue weighted by molar-refractivity contribution is -0.380. The number of pyridine rings is 1. The Balaban J connectivity index is 1.77. The molecule has 3 N–H and O–H groups in total. The average Bonchev–Trinajstić information content (AvgIpc) is 2.90. The first-order valence-corrected chi connectivity index (χ1v) is 7.62. The maximum Gasteiger partial charge on any atom is 0.244 e. The Labute approximate surface area is 135 Å². The normalized spacial score (nSPS) is 20.1. The summed E-state index contributed by atoms with van der Waals surface area (Å²) in [4.78, 5) is 15.6. The maximum absolute atomic E-state index is 12.6. The molecule has 1 aliphatic rings. The number of allylic oxidation sites excluding steroid dienone is 1. The number of aromatic nitrogens is 1. The summed E-state index contributed by atoms with van der Waals surface area (Å²) in [5.74, 6) is -0.159. The second-order valence-corrected chi connectivity index (χ2v) is 5.67. The fourth-order valence-corrected chi connectivity index (χ4v) is 2.76. The first-order valence-electron chi connectivity index (χ1n) is 7.62. The van der Waals surface area contributed by atoms with Crippen LogP contribution >= 0.6 is 0 Å². The Bertz CT molecular complexity index is 716. The summed E-state index contributed by atoms with van der Waals surface area (Å²) in [6.45, 7) is 1.82. The number of amides is 1. The number of benzene rings is 1. The van der Waals surface area contributed by atoms with Crippen LogP contribution in [-0.2, 0) is 16.9 Å². The van der Waals surface area contributed by atoms with Crippen molar-refractivity contribution in [1.82, 2.24) is 10.4 Å². The van der Waals surface area contributed by atoms with Gasteiger partial charge in [0.1, 0.15) is 0 Å². The average molecular weight is 310 g/mol. The highest BCUT2D eigenvalue weighted by Gasteiger charge is 2.43. The Morgan fingerprint density at radius 2 is 2.04 bits per heavy atom. The van der Waals surface area contributed by atoms with Crippen LogP contribution in [0.2, 0.25) is 0 Å². The van der Waals surface area contributed by atoms with Crippen molar-refractivity contribution in [2.24, 2.45) is 0 Å². The number of carbonyl (C=O) groups is 1. The molecule has 0 fully saturated rings. The second-order valence-electron chi connectivity index (χ2n) is 5.67. The first kappa shape index (κ1) is 15.2. The maximum atomic E-state index is 12.6. The van der Waals surface area contributed by atoms with Gasteiger partial charge in [-0.25, -0.2) is 9.99 Å². The van der Waals surface area contributed by atoms with E-state index in [9.17, 15) is 9.90 Å². The number of hydrogen-bond donors (Lipinski definition) is 2. The van der Waals surface area contributed by atoms with Crippen LogP contribution in [0.1, 0.15) is 24.5 Å². The zero-order chi connectivity index (χ0) is 16.3. The molecule has 1 aromatic heterocycles. The van der Waals surface area contributed by atoms with Crippen molar-refractivity contribution in [3.63, 3.8) is 0 Å². The van der Waals surface area contributed by atoms with E-state index in [4.69, 9.17) is 0 Å². The molecule has 1 aliphatic heterocycles. The van der Waals surface area contributed by atoms with Gasteiger partial charge in [0, 0.05) is 18.2 Å². The summed E-state index contributed by atoms with van der Waals surface area (Å²) >= 11 is 0. The van der Waals surface area contributed by atoms with E-state index in [0.717, 1.165) is 11.3 Å². The van der Waals surface area contributed by atoms with E-state index < -0.39 is 5.72 Å². The van der Waals surface area contributed by atoms with Gasteiger partial charge in [-0.2, -0.15) is 0 Å². The van der Waals surface area contributed by atoms with Crippen molar-refractivity contribution in [3.8, 4) is 0 Å². The van der Waals surface area contributed by atoms with Gasteiger partial charge < -0.3 is 5.11 Å². The van der Waals surface area contributed by atoms with Crippen LogP contribution < -0.4 is 10.4 Å². The molecule has 0 saturated carbocycles. The molecule has 118 valence electrons. The van der Waals surface area contributed by atoms with Crippen LogP contribution in [0.25, 0.3) is 0 Å². The number of H-pyrrole nitrogens is 1. The quantitative estimate of drug-likeness (QED) is 0.900. The summed E-state index contributed by atoms with van der Waals surface area (Å²) in [6, 6.07) is 13.4. The molecule has 0 saturated heterocycles. The summed E-state index contributed by atoms with van der Waals surface area (Å²) in [7, 11) is 0. The molecule has 0 aliphatic carbocycles. The number of carbonyl (C=O) groups excluding carboxylic acids is 1. The Kier molecular flexibility index (Phi) is 4.12. The van der Waals surface area contributed by atoms with Crippen molar-refractivity contribution >= 4 is 5.91 Å². The summed E-state index contributed by atoms with van der Waals surface area (Å²) in [5, 5.41) is 12.3. The van der Waals surface area contributed by atoms with Crippen LogP contribution in [0.4, 0.5) is 0 Å². The van der Waals surface area contributed by atoms with Gasteiger partial charge in [-0.3, -0.25) is 10.2 Å². The van der Waals surface area contributed by atoms with E-state index >= 15 is 0 Å². The van der Waals surface area contributed by atoms with E-state index in [1.807, 2.05) is 37.3 Å². The lowest BCUT2D eigenvalue weighted by Gasteiger charge is -2.31. The molecule has 5 heteroatoms. The fraction of sp³-hybridized carbons (Fsp3) is 0.222. The second kappa shape index (κ2) is 6.22. The molecule has 1 atom stereocenters. The summed E-state index contributed by atoms with van der Waals surface area (Å²) < 4.78 is 0. The molecule has 1 amide bonds. The van der Waals surface area contributed by atoms with Crippen molar-refractivity contribution in [2.75, 3.05) is 0 Å². The smallest absolute Gasteiger partial charge is 0.244 e. The van der Waals surface area contributed by atoms with E-state index in [2.05, 4.69) is 10.4 Å². The molecule has 1 unspecified atom stereocenters. The lowest BCUT2D eigenvalue weighted by atomic mass is 10.0. The van der Waals surface area contributed by atoms with Crippen molar-refractivity contribution < 1.29 is 14.9 Å². The van der Waals surface area contributed by atoms with E-state index in [0.29, 0.717) is 18.4 Å². The van der Waals surface area contributed by atoms with E-state index in [1.54, 1.807) is 30.6 Å². The predicted molar refractivity (Wildman–Crippen MR) is 85.4 cm³/mol. The molecule has 0 radical (unpaired) electrons. The van der Waals surface area contributed by atoms with Gasteiger partial charge in [-0.1, -0.05) is 30.3 Å². The minimum atomic E-state index is -1.48. The number of aromatic amines is 1. The molecule has 2 heterocycles. The molecule has 23 heavy (non-hydrogen) atoms. The largest absolute Gasteiger partial charge is 0.362 e. The Morgan fingerprint density at radius 1 is 1.26 bits per heavy atom. The Hall–Kier alpha value is -2.66. The number of nitrogens with zero attached hydrogens (tertiary/aromatic N) is 1. The number of aliphatic hydroxyl groups is 1. The van der Waals surface area contributed by atoms with Gasteiger partial charge in [-0.05, 0) is 31.1 Å². The van der Waals surface area contributed by atoms with Gasteiger partial charge in [-0.15, -0.1) is 0 Å². The molecular weight excluding hydrogens is 290 g/mol. The number of hydrogen-bond acceptors (Lipinski definition) is 3. The summed E-state index contributed by atoms with van der Waals surface area (Å²) in [6.07, 6.45) is 6.04. The predicted octanol–water partition coefficient (Wildman–Crippen LogP) is 1.53. The topological polar surface area (TPSA) is 66.7 Å². The van der Waals surface area contributed by atoms with Crippen LogP contribution in [0, 0.1) is 0 Å². The molecule has 5 nitrogen and oxygen atoms in total. The van der Waals surface area contributed by atoms with E-state index in [1.165, 1.54) is 5.01 Å². The molecule has 3 rings (SSSR count). The zero-order valence-corrected chi connectivity index (χ0v) is 13.0. The lowest BCUT2D eigenvalue weighted by Crippen LogP contribution is -2.50. The van der Waals surface area contributed by atoms with Crippen molar-refractivity contribution in [1.29, 1.82) is 0 Å². The van der Waals surface area contributed by atoms with Crippen LogP contribution in [0.3, 0.4) is 0 Å². The van der Waals surface area contributed by atoms with Gasteiger partial charge in [0.15, 0.2) is 12.4 Å². The molecule has 2 aromatic rings. The summed E-state index contributed by atoms with van der Waals surface area (Å²) in [5.41, 5.74) is 3.93. The monoisotopic (exact) mass is 310 g/mol. The minimum absolute atomic E-state index is 0.159. The SMILES string of the molecule is CC1=CC(O)(c2ccc[nH+]c2)N(C(=O)CCc2ccccc2)N1. The molecule has 0 bridgehead atoms. The highest BCUT2D eigenvalue weighted by atomic mass is 16.3. The van der Waals surface area contributed by atoms with Crippen LogP contribution in [0.5, 0.6) is 0 Å². The van der Waals surface area contributed by atoms with Gasteiger partial charge in [0.25, 0.3) is 0 Å².